The van der Waals surface area contributed by atoms with Gasteiger partial charge in [-0.2, -0.15) is 5.26 Å². The Morgan fingerprint density at radius 1 is 0.667 bits per heavy atom. The fourth-order valence-electron chi connectivity index (χ4n) is 4.28. The first-order chi connectivity index (χ1) is 21.7. The van der Waals surface area contributed by atoms with Crippen LogP contribution >= 0.6 is 0 Å². The Morgan fingerprint density at radius 3 is 1.48 bits per heavy atom. The zero-order chi connectivity index (χ0) is 32.5. The third-order valence-corrected chi connectivity index (χ3v) is 8.06. The molecule has 260 valence electrons. The van der Waals surface area contributed by atoms with Crippen LogP contribution in [-0.4, -0.2) is 63.1 Å². The first-order valence-electron chi connectivity index (χ1n) is 12.8. The molecule has 3 heterocycles. The van der Waals surface area contributed by atoms with Crippen LogP contribution in [0.25, 0.3) is 32.7 Å². The number of phenols is 1. The molecule has 3 aromatic heterocycles. The van der Waals surface area contributed by atoms with Gasteiger partial charge in [0.05, 0.1) is 50.3 Å². The fourth-order valence-corrected chi connectivity index (χ4v) is 5.72. The van der Waals surface area contributed by atoms with Gasteiger partial charge in [-0.15, -0.1) is 0 Å². The number of aromatic hydroxyl groups is 1. The number of hydrogen-bond acceptors (Lipinski definition) is 11. The molecule has 0 aliphatic rings. The first kappa shape index (κ1) is 45.3. The van der Waals surface area contributed by atoms with E-state index >= 15 is 0 Å². The standard InChI is InChI=1S/C10H12N2O3S.C10H8N2O3S.C8H7NO3S.3Ar/c2*11-5-7-15-10-3-1-2-9-8(10)4-6-12(9)16(13)14;10-8-3-1-2-7-6(8)4-5-9(7)13(11)12;;;/h1-4,6H,5,7,11H2,(H,13,14);1-4,6H,7H2,(H,13,14);1-5,10H,(H,11,12);;;/p-3. The third kappa shape index (κ3) is 11.4. The van der Waals surface area contributed by atoms with Crippen LogP contribution in [0.1, 0.15) is 0 Å². The number of nitrogens with zero attached hydrogens (tertiary/aromatic N) is 4. The summed E-state index contributed by atoms with van der Waals surface area (Å²) in [6.45, 7) is 0.764. The molecule has 3 unspecified atom stereocenters. The van der Waals surface area contributed by atoms with E-state index in [1.54, 1.807) is 66.7 Å². The second-order valence-corrected chi connectivity index (χ2v) is 11.2. The van der Waals surface area contributed by atoms with Crippen LogP contribution in [0.2, 0.25) is 0 Å². The maximum absolute atomic E-state index is 10.9. The molecule has 0 aliphatic heterocycles. The van der Waals surface area contributed by atoms with E-state index in [0.29, 0.717) is 52.0 Å². The summed E-state index contributed by atoms with van der Waals surface area (Å²) in [5.74, 6) is 1.23. The van der Waals surface area contributed by atoms with E-state index in [-0.39, 0.29) is 126 Å². The van der Waals surface area contributed by atoms with Gasteiger partial charge in [0.25, 0.3) is 0 Å². The van der Waals surface area contributed by atoms with Crippen LogP contribution in [0.15, 0.2) is 91.4 Å². The molecule has 0 amide bonds. The summed E-state index contributed by atoms with van der Waals surface area (Å²) >= 11 is -6.97. The smallest absolute Gasteiger partial charge is 0.174 e. The van der Waals surface area contributed by atoms with Crippen molar-refractivity contribution in [1.29, 1.82) is 5.26 Å². The Morgan fingerprint density at radius 2 is 1.06 bits per heavy atom. The Kier molecular flexibility index (Phi) is 21.0. The van der Waals surface area contributed by atoms with E-state index in [1.807, 2.05) is 6.07 Å². The van der Waals surface area contributed by atoms with Crippen molar-refractivity contribution in [3.8, 4) is 23.3 Å². The Labute approximate surface area is 372 Å². The number of nitrogens with two attached hydrogens (primary N) is 1. The maximum atomic E-state index is 10.9. The topological polar surface area (TPSA) is 224 Å². The molecule has 0 saturated carbocycles. The van der Waals surface area contributed by atoms with Crippen LogP contribution in [-0.2, 0) is 33.8 Å². The van der Waals surface area contributed by atoms with Crippen LogP contribution in [0.4, 0.5) is 0 Å². The van der Waals surface area contributed by atoms with Crippen molar-refractivity contribution >= 4 is 66.5 Å². The Balaban J connectivity index is 0.000000351. The minimum Gasteiger partial charge on any atom is -0.755 e. The van der Waals surface area contributed by atoms with Crippen LogP contribution in [0.3, 0.4) is 0 Å². The number of nitriles is 1. The number of rotatable bonds is 8. The number of aromatic nitrogens is 3. The number of benzene rings is 3. The predicted molar refractivity (Wildman–Crippen MR) is 166 cm³/mol. The van der Waals surface area contributed by atoms with Crippen molar-refractivity contribution in [1.82, 2.24) is 11.9 Å². The van der Waals surface area contributed by atoms with Crippen LogP contribution in [0, 0.1) is 125 Å². The largest absolute Gasteiger partial charge is 0.755 e. The minimum absolute atomic E-state index is 0. The van der Waals surface area contributed by atoms with E-state index in [1.165, 1.54) is 24.7 Å². The molecule has 6 aromatic rings. The van der Waals surface area contributed by atoms with Crippen molar-refractivity contribution in [2.24, 2.45) is 5.73 Å². The second kappa shape index (κ2) is 22.2. The Hall–Kier alpha value is -0.761. The third-order valence-electron chi connectivity index (χ3n) is 6.14. The van der Waals surface area contributed by atoms with Crippen molar-refractivity contribution in [2.45, 2.75) is 0 Å². The molecule has 48 heavy (non-hydrogen) atoms. The monoisotopic (exact) mass is 790 g/mol. The molecular formula is C28H24Ar3N5O9S3-3. The molecule has 14 nitrogen and oxygen atoms in total. The summed E-state index contributed by atoms with van der Waals surface area (Å²) in [5, 5.41) is 19.7. The average molecular weight is 791 g/mol. The maximum Gasteiger partial charge on any atom is 0.174 e. The van der Waals surface area contributed by atoms with Crippen molar-refractivity contribution in [3.05, 3.63) is 91.4 Å². The summed E-state index contributed by atoms with van der Waals surface area (Å²) < 4.78 is 78.8. The van der Waals surface area contributed by atoms with E-state index in [2.05, 4.69) is 0 Å². The van der Waals surface area contributed by atoms with Gasteiger partial charge in [-0.05, 0) is 54.6 Å². The van der Waals surface area contributed by atoms with Gasteiger partial charge in [0.1, 0.15) is 29.9 Å². The van der Waals surface area contributed by atoms with Gasteiger partial charge >= 0.3 is 0 Å². The molecule has 0 fully saturated rings. The van der Waals surface area contributed by atoms with E-state index in [4.69, 9.17) is 20.5 Å². The Bertz CT molecular complexity index is 2060. The summed E-state index contributed by atoms with van der Waals surface area (Å²) in [4.78, 5) is 0. The first-order valence-corrected chi connectivity index (χ1v) is 15.9. The van der Waals surface area contributed by atoms with Gasteiger partial charge in [-0.1, -0.05) is 18.2 Å². The number of ether oxygens (including phenoxy) is 2. The normalized spacial score (nSPS) is 12.0. The quantitative estimate of drug-likeness (QED) is 0.213. The number of hydrogen-bond donors (Lipinski definition) is 2. The molecule has 0 bridgehead atoms. The van der Waals surface area contributed by atoms with E-state index in [9.17, 15) is 31.4 Å². The average Bonchev–Trinajstić information content (AvgIpc) is 3.77. The van der Waals surface area contributed by atoms with Gasteiger partial charge < -0.3 is 34.0 Å². The number of fused-ring (bicyclic) bond motifs is 3. The van der Waals surface area contributed by atoms with Crippen LogP contribution in [0.5, 0.6) is 17.2 Å². The van der Waals surface area contributed by atoms with Crippen molar-refractivity contribution < 1.29 is 154 Å². The molecule has 20 heteroatoms. The zero-order valence-corrected chi connectivity index (χ0v) is 28.7. The molecule has 3 aromatic carbocycles. The molecule has 3 atom stereocenters. The van der Waals surface area contributed by atoms with Gasteiger partial charge in [0.2, 0.25) is 0 Å². The van der Waals surface area contributed by atoms with Gasteiger partial charge in [-0.25, -0.2) is 0 Å². The van der Waals surface area contributed by atoms with Gasteiger partial charge in [0, 0.05) is 155 Å². The summed E-state index contributed by atoms with van der Waals surface area (Å²) in [5.41, 5.74) is 6.96. The molecule has 6 rings (SSSR count). The van der Waals surface area contributed by atoms with Gasteiger partial charge in [0.15, 0.2) is 6.61 Å². The van der Waals surface area contributed by atoms with E-state index < -0.39 is 33.8 Å². The van der Waals surface area contributed by atoms with Crippen molar-refractivity contribution in [2.75, 3.05) is 19.8 Å². The molecule has 0 saturated heterocycles. The zero-order valence-electron chi connectivity index (χ0n) is 24.1. The number of phenolic OH excluding ortho intramolecular Hbond substituents is 1. The second-order valence-electron chi connectivity index (χ2n) is 8.75. The minimum atomic E-state index is -2.34. The molecule has 0 spiro atoms. The van der Waals surface area contributed by atoms with Gasteiger partial charge in [-0.3, -0.25) is 24.5 Å². The van der Waals surface area contributed by atoms with Crippen LogP contribution < -0.4 is 15.2 Å². The summed E-state index contributed by atoms with van der Waals surface area (Å²) in [6, 6.07) is 21.8. The molecular weight excluding hydrogens is 766 g/mol. The molecule has 0 radical (unpaired) electrons. The summed E-state index contributed by atoms with van der Waals surface area (Å²) in [7, 11) is 0. The fraction of sp³-hybridized carbons (Fsp3) is 0.107. The molecule has 0 aliphatic carbocycles. The summed E-state index contributed by atoms with van der Waals surface area (Å²) in [6.07, 6.45) is 4.32. The predicted octanol–water partition coefficient (Wildman–Crippen LogP) is 2.80. The molecule has 3 N–H and O–H groups in total. The van der Waals surface area contributed by atoms with Crippen molar-refractivity contribution in [3.63, 3.8) is 0 Å². The SMILES string of the molecule is N#CCOc1cccc2c1ccn2S(=O)[O-].NCCOc1cccc2c1ccn2S(=O)[O-].O=S([O-])n1ccc2c(O)cccc21.[Ar].[Ar].[Ar]. The van der Waals surface area contributed by atoms with E-state index in [0.717, 1.165) is 17.3 Å².